The molecule has 0 heterocycles. The largest absolute Gasteiger partial charge is 0.756 e. The van der Waals surface area contributed by atoms with E-state index in [9.17, 15) is 19.0 Å². The third-order valence-corrected chi connectivity index (χ3v) is 9.33. The maximum Gasteiger partial charge on any atom is 0.306 e. The van der Waals surface area contributed by atoms with Crippen LogP contribution in [0.4, 0.5) is 0 Å². The van der Waals surface area contributed by atoms with E-state index in [-0.39, 0.29) is 26.1 Å². The Balaban J connectivity index is 4.47. The predicted molar refractivity (Wildman–Crippen MR) is 217 cm³/mol. The minimum absolute atomic E-state index is 0.0393. The van der Waals surface area contributed by atoms with E-state index in [0.29, 0.717) is 23.9 Å². The minimum atomic E-state index is -4.63. The van der Waals surface area contributed by atoms with Crippen molar-refractivity contribution in [3.63, 3.8) is 0 Å². The van der Waals surface area contributed by atoms with Crippen LogP contribution in [-0.2, 0) is 32.7 Å². The number of hydrogen-bond acceptors (Lipinski definition) is 8. The number of carbonyl (C=O) groups is 2. The monoisotopic (exact) mass is 766 g/mol. The van der Waals surface area contributed by atoms with Crippen LogP contribution in [0, 0.1) is 0 Å². The van der Waals surface area contributed by atoms with Crippen molar-refractivity contribution < 1.29 is 42.1 Å². The SMILES string of the molecule is CC/C=C/C=C/C=C/C=C/CCCCCCCC(=O)OC[C@H](COP(=O)([O-])OCC[N+](C)(C)C)OC(=O)CCCCCCC/C=C/CCCCCCC. The molecule has 10 heteroatoms. The predicted octanol–water partition coefficient (Wildman–Crippen LogP) is 10.7. The number of unbranched alkanes of at least 4 members (excludes halogenated alkanes) is 15. The lowest BCUT2D eigenvalue weighted by Crippen LogP contribution is -2.37. The Morgan fingerprint density at radius 3 is 1.66 bits per heavy atom. The second-order valence-corrected chi connectivity index (χ2v) is 16.1. The lowest BCUT2D eigenvalue weighted by molar-refractivity contribution is -0.870. The van der Waals surface area contributed by atoms with Crippen molar-refractivity contribution in [1.82, 2.24) is 0 Å². The lowest BCUT2D eigenvalue weighted by Gasteiger charge is -2.28. The van der Waals surface area contributed by atoms with Gasteiger partial charge in [-0.3, -0.25) is 14.2 Å². The average Bonchev–Trinajstić information content (AvgIpc) is 3.10. The van der Waals surface area contributed by atoms with Gasteiger partial charge in [-0.05, 0) is 57.8 Å². The fraction of sp³-hybridized carbons (Fsp3) is 0.721. The van der Waals surface area contributed by atoms with Crippen LogP contribution < -0.4 is 4.89 Å². The van der Waals surface area contributed by atoms with E-state index in [1.54, 1.807) is 0 Å². The van der Waals surface area contributed by atoms with E-state index in [4.69, 9.17) is 18.5 Å². The Kier molecular flexibility index (Phi) is 33.9. The van der Waals surface area contributed by atoms with Crippen LogP contribution in [0.15, 0.2) is 60.8 Å². The van der Waals surface area contributed by atoms with E-state index in [2.05, 4.69) is 44.2 Å². The van der Waals surface area contributed by atoms with Crippen molar-refractivity contribution >= 4 is 19.8 Å². The summed E-state index contributed by atoms with van der Waals surface area (Å²) in [5, 5.41) is 0. The molecule has 0 radical (unpaired) electrons. The molecule has 0 rings (SSSR count). The number of phosphoric acid groups is 1. The molecule has 0 N–H and O–H groups in total. The number of quaternary nitrogens is 1. The first-order valence-corrected chi connectivity index (χ1v) is 22.0. The Morgan fingerprint density at radius 1 is 0.604 bits per heavy atom. The molecule has 0 aromatic rings. The highest BCUT2D eigenvalue weighted by Crippen LogP contribution is 2.38. The van der Waals surface area contributed by atoms with Crippen molar-refractivity contribution in [2.45, 2.75) is 155 Å². The van der Waals surface area contributed by atoms with Crippen molar-refractivity contribution in [2.24, 2.45) is 0 Å². The smallest absolute Gasteiger partial charge is 0.306 e. The van der Waals surface area contributed by atoms with Gasteiger partial charge in [-0.15, -0.1) is 0 Å². The van der Waals surface area contributed by atoms with Gasteiger partial charge in [0.2, 0.25) is 0 Å². The molecule has 0 spiro atoms. The zero-order valence-corrected chi connectivity index (χ0v) is 35.1. The molecule has 0 bridgehead atoms. The zero-order chi connectivity index (χ0) is 39.3. The van der Waals surface area contributed by atoms with Crippen LogP contribution in [0.2, 0.25) is 0 Å². The Morgan fingerprint density at radius 2 is 1.09 bits per heavy atom. The van der Waals surface area contributed by atoms with E-state index in [0.717, 1.165) is 70.6 Å². The van der Waals surface area contributed by atoms with Gasteiger partial charge in [0, 0.05) is 12.8 Å². The van der Waals surface area contributed by atoms with Crippen molar-refractivity contribution in [3.05, 3.63) is 60.8 Å². The number of hydrogen-bond donors (Lipinski definition) is 0. The highest BCUT2D eigenvalue weighted by molar-refractivity contribution is 7.45. The number of rotatable bonds is 36. The molecule has 306 valence electrons. The number of nitrogens with zero attached hydrogens (tertiary/aromatic N) is 1. The third-order valence-electron chi connectivity index (χ3n) is 8.37. The average molecular weight is 766 g/mol. The number of ether oxygens (including phenoxy) is 2. The summed E-state index contributed by atoms with van der Waals surface area (Å²) >= 11 is 0. The fourth-order valence-electron chi connectivity index (χ4n) is 5.13. The summed E-state index contributed by atoms with van der Waals surface area (Å²) in [6.07, 6.45) is 41.0. The summed E-state index contributed by atoms with van der Waals surface area (Å²) in [5.41, 5.74) is 0. The molecule has 0 aliphatic heterocycles. The van der Waals surface area contributed by atoms with Crippen LogP contribution in [0.3, 0.4) is 0 Å². The molecule has 0 saturated carbocycles. The second kappa shape index (κ2) is 35.4. The molecule has 0 aliphatic rings. The van der Waals surface area contributed by atoms with Gasteiger partial charge in [-0.1, -0.05) is 139 Å². The number of phosphoric ester groups is 1. The van der Waals surface area contributed by atoms with Crippen LogP contribution in [0.1, 0.15) is 149 Å². The first-order valence-electron chi connectivity index (χ1n) is 20.5. The van der Waals surface area contributed by atoms with Gasteiger partial charge >= 0.3 is 11.9 Å². The number of esters is 2. The van der Waals surface area contributed by atoms with Gasteiger partial charge in [-0.2, -0.15) is 0 Å². The molecule has 1 unspecified atom stereocenters. The molecule has 0 aromatic carbocycles. The standard InChI is InChI=1S/C43H76NO8P/c1-6-8-10-12-14-16-18-20-22-24-25-27-29-31-33-35-42(45)49-39-41(40-51-53(47,48)50-38-37-44(3,4)5)52-43(46)36-34-32-30-28-26-23-21-19-17-15-13-11-9-7-2/h8,10,12,14,16,18-22,41H,6-7,9,11,13,15,17,23-40H2,1-5H3/b10-8+,14-12+,18-16+,21-19+,22-20+/t41-/m1/s1. The zero-order valence-electron chi connectivity index (χ0n) is 34.2. The quantitative estimate of drug-likeness (QED) is 0.0155. The van der Waals surface area contributed by atoms with Gasteiger partial charge in [0.1, 0.15) is 19.8 Å². The maximum atomic E-state index is 12.6. The molecule has 2 atom stereocenters. The van der Waals surface area contributed by atoms with Crippen LogP contribution in [0.25, 0.3) is 0 Å². The van der Waals surface area contributed by atoms with Gasteiger partial charge in [-0.25, -0.2) is 0 Å². The topological polar surface area (TPSA) is 111 Å². The summed E-state index contributed by atoms with van der Waals surface area (Å²) in [6, 6.07) is 0. The molecule has 0 aromatic heterocycles. The maximum absolute atomic E-state index is 12.6. The molecule has 0 saturated heterocycles. The summed E-state index contributed by atoms with van der Waals surface area (Å²) in [6.45, 7) is 4.02. The number of allylic oxidation sites excluding steroid dienone is 10. The Labute approximate surface area is 324 Å². The molecular formula is C43H76NO8P. The second-order valence-electron chi connectivity index (χ2n) is 14.7. The van der Waals surface area contributed by atoms with Gasteiger partial charge in [0.15, 0.2) is 6.10 Å². The van der Waals surface area contributed by atoms with Crippen LogP contribution in [0.5, 0.6) is 0 Å². The van der Waals surface area contributed by atoms with E-state index in [1.165, 1.54) is 38.5 Å². The fourth-order valence-corrected chi connectivity index (χ4v) is 5.86. The van der Waals surface area contributed by atoms with E-state index >= 15 is 0 Å². The molecule has 9 nitrogen and oxygen atoms in total. The molecule has 0 fully saturated rings. The highest BCUT2D eigenvalue weighted by atomic mass is 31.2. The van der Waals surface area contributed by atoms with Crippen molar-refractivity contribution in [3.8, 4) is 0 Å². The lowest BCUT2D eigenvalue weighted by atomic mass is 10.1. The molecular weight excluding hydrogens is 689 g/mol. The Hall–Kier alpha value is -2.29. The Bertz CT molecular complexity index is 1090. The summed E-state index contributed by atoms with van der Waals surface area (Å²) in [5.74, 6) is -0.878. The summed E-state index contributed by atoms with van der Waals surface area (Å²) in [4.78, 5) is 37.4. The normalized spacial score (nSPS) is 14.3. The van der Waals surface area contributed by atoms with Crippen LogP contribution >= 0.6 is 7.82 Å². The van der Waals surface area contributed by atoms with E-state index in [1.807, 2.05) is 51.5 Å². The van der Waals surface area contributed by atoms with Crippen LogP contribution in [-0.4, -0.2) is 70.0 Å². The molecule has 0 amide bonds. The van der Waals surface area contributed by atoms with Crippen molar-refractivity contribution in [1.29, 1.82) is 0 Å². The highest BCUT2D eigenvalue weighted by Gasteiger charge is 2.21. The van der Waals surface area contributed by atoms with Gasteiger partial charge in [0.05, 0.1) is 27.7 Å². The van der Waals surface area contributed by atoms with Gasteiger partial charge < -0.3 is 27.9 Å². The van der Waals surface area contributed by atoms with Crippen molar-refractivity contribution in [2.75, 3.05) is 47.5 Å². The van der Waals surface area contributed by atoms with E-state index < -0.39 is 32.5 Å². The number of likely N-dealkylation sites (N-methyl/N-ethyl adjacent to an activating group) is 1. The van der Waals surface area contributed by atoms with Gasteiger partial charge in [0.25, 0.3) is 7.82 Å². The first-order chi connectivity index (χ1) is 25.5. The first kappa shape index (κ1) is 50.7. The summed E-state index contributed by atoms with van der Waals surface area (Å²) in [7, 11) is 1.13. The third kappa shape index (κ3) is 39.2. The number of carbonyl (C=O) groups excluding carboxylic acids is 2. The molecule has 0 aliphatic carbocycles. The minimum Gasteiger partial charge on any atom is -0.756 e. The molecule has 53 heavy (non-hydrogen) atoms. The summed E-state index contributed by atoms with van der Waals surface area (Å²) < 4.78 is 33.8.